The number of aromatic carboxylic acids is 1. The summed E-state index contributed by atoms with van der Waals surface area (Å²) >= 11 is 0. The van der Waals surface area contributed by atoms with Gasteiger partial charge in [-0.25, -0.2) is 4.79 Å². The molecule has 0 radical (unpaired) electrons. The quantitative estimate of drug-likeness (QED) is 0.721. The molecule has 0 bridgehead atoms. The molecule has 108 valence electrons. The molecule has 3 rings (SSSR count). The number of carbonyl (C=O) groups excluding carboxylic acids is 1. The van der Waals surface area contributed by atoms with E-state index in [-0.39, 0.29) is 11.3 Å². The van der Waals surface area contributed by atoms with Crippen LogP contribution in [0.5, 0.6) is 5.75 Å². The lowest BCUT2D eigenvalue weighted by atomic mass is 9.92. The largest absolute Gasteiger partial charge is 0.508 e. The lowest BCUT2D eigenvalue weighted by Gasteiger charge is -2.11. The lowest BCUT2D eigenvalue weighted by molar-refractivity contribution is 0.0699. The molecule has 0 aromatic heterocycles. The van der Waals surface area contributed by atoms with E-state index in [1.807, 2.05) is 12.1 Å². The van der Waals surface area contributed by atoms with Gasteiger partial charge in [-0.3, -0.25) is 4.79 Å². The van der Waals surface area contributed by atoms with E-state index in [2.05, 4.69) is 0 Å². The molecular formula is C18H12O4. The summed E-state index contributed by atoms with van der Waals surface area (Å²) in [5, 5.41) is 20.2. The number of carbonyl (C=O) groups is 2. The van der Waals surface area contributed by atoms with Crippen LogP contribution in [0.2, 0.25) is 0 Å². The third kappa shape index (κ3) is 2.20. The second-order valence-electron chi connectivity index (χ2n) is 4.90. The highest BCUT2D eigenvalue weighted by Gasteiger charge is 2.14. The fourth-order valence-corrected chi connectivity index (χ4v) is 2.61. The van der Waals surface area contributed by atoms with E-state index in [1.54, 1.807) is 24.3 Å². The molecule has 0 fully saturated rings. The third-order valence-electron chi connectivity index (χ3n) is 3.61. The smallest absolute Gasteiger partial charge is 0.336 e. The maximum absolute atomic E-state index is 11.3. The number of carboxylic acid groups (broad SMARTS) is 1. The van der Waals surface area contributed by atoms with Crippen LogP contribution < -0.4 is 0 Å². The summed E-state index contributed by atoms with van der Waals surface area (Å²) in [4.78, 5) is 22.6. The van der Waals surface area contributed by atoms with E-state index in [0.717, 1.165) is 10.9 Å². The standard InChI is InChI=1S/C18H12O4/c19-10-11-9-12(20)5-6-13(11)16-7-8-17(18(21)22)15-4-2-1-3-14(15)16/h1-10,20H,(H,21,22). The first kappa shape index (κ1) is 13.8. The Kier molecular flexibility index (Phi) is 3.35. The first-order valence-corrected chi connectivity index (χ1v) is 6.65. The van der Waals surface area contributed by atoms with E-state index < -0.39 is 5.97 Å². The van der Waals surface area contributed by atoms with Crippen molar-refractivity contribution < 1.29 is 19.8 Å². The number of benzene rings is 3. The molecule has 0 unspecified atom stereocenters. The van der Waals surface area contributed by atoms with E-state index >= 15 is 0 Å². The van der Waals surface area contributed by atoms with Crippen molar-refractivity contribution in [2.75, 3.05) is 0 Å². The molecule has 4 heteroatoms. The topological polar surface area (TPSA) is 74.6 Å². The van der Waals surface area contributed by atoms with Crippen molar-refractivity contribution in [2.24, 2.45) is 0 Å². The van der Waals surface area contributed by atoms with E-state index in [4.69, 9.17) is 0 Å². The Morgan fingerprint density at radius 2 is 1.59 bits per heavy atom. The summed E-state index contributed by atoms with van der Waals surface area (Å²) in [6.45, 7) is 0. The van der Waals surface area contributed by atoms with Gasteiger partial charge in [0.15, 0.2) is 6.29 Å². The number of carboxylic acids is 1. The van der Waals surface area contributed by atoms with Crippen LogP contribution in [0, 0.1) is 0 Å². The van der Waals surface area contributed by atoms with Crippen LogP contribution in [0.3, 0.4) is 0 Å². The van der Waals surface area contributed by atoms with Gasteiger partial charge in [0, 0.05) is 5.56 Å². The maximum Gasteiger partial charge on any atom is 0.336 e. The Morgan fingerprint density at radius 3 is 2.27 bits per heavy atom. The molecule has 0 aliphatic carbocycles. The predicted octanol–water partition coefficient (Wildman–Crippen LogP) is 3.72. The van der Waals surface area contributed by atoms with Gasteiger partial charge < -0.3 is 10.2 Å². The zero-order valence-electron chi connectivity index (χ0n) is 11.5. The zero-order chi connectivity index (χ0) is 15.7. The van der Waals surface area contributed by atoms with Gasteiger partial charge in [-0.1, -0.05) is 30.3 Å². The first-order valence-electron chi connectivity index (χ1n) is 6.65. The molecule has 0 amide bonds. The van der Waals surface area contributed by atoms with Crippen LogP contribution in [-0.2, 0) is 0 Å². The number of phenolic OH excluding ortho intramolecular Hbond substituents is 1. The number of rotatable bonds is 3. The molecule has 0 saturated carbocycles. The number of aromatic hydroxyl groups is 1. The summed E-state index contributed by atoms with van der Waals surface area (Å²) in [5.74, 6) is -0.985. The van der Waals surface area contributed by atoms with Gasteiger partial charge >= 0.3 is 5.97 Å². The fourth-order valence-electron chi connectivity index (χ4n) is 2.61. The van der Waals surface area contributed by atoms with Gasteiger partial charge in [-0.15, -0.1) is 0 Å². The molecule has 0 atom stereocenters. The first-order chi connectivity index (χ1) is 10.6. The summed E-state index contributed by atoms with van der Waals surface area (Å²) in [6, 6.07) is 14.9. The van der Waals surface area contributed by atoms with Crippen molar-refractivity contribution >= 4 is 23.0 Å². The molecule has 0 heterocycles. The zero-order valence-corrected chi connectivity index (χ0v) is 11.5. The number of aldehydes is 1. The second kappa shape index (κ2) is 5.33. The maximum atomic E-state index is 11.3. The fraction of sp³-hybridized carbons (Fsp3) is 0. The van der Waals surface area contributed by atoms with Crippen molar-refractivity contribution in [3.05, 3.63) is 65.7 Å². The molecule has 4 nitrogen and oxygen atoms in total. The van der Waals surface area contributed by atoms with Crippen molar-refractivity contribution in [1.82, 2.24) is 0 Å². The molecule has 0 spiro atoms. The third-order valence-corrected chi connectivity index (χ3v) is 3.61. The van der Waals surface area contributed by atoms with Crippen molar-refractivity contribution in [3.8, 4) is 16.9 Å². The minimum atomic E-state index is -0.996. The van der Waals surface area contributed by atoms with Gasteiger partial charge in [0.25, 0.3) is 0 Å². The Morgan fingerprint density at radius 1 is 0.909 bits per heavy atom. The molecule has 22 heavy (non-hydrogen) atoms. The molecule has 3 aromatic carbocycles. The Balaban J connectivity index is 2.36. The molecule has 2 N–H and O–H groups in total. The highest BCUT2D eigenvalue weighted by molar-refractivity contribution is 6.09. The van der Waals surface area contributed by atoms with Crippen molar-refractivity contribution in [1.29, 1.82) is 0 Å². The van der Waals surface area contributed by atoms with E-state index in [9.17, 15) is 19.8 Å². The average molecular weight is 292 g/mol. The van der Waals surface area contributed by atoms with Crippen LogP contribution >= 0.6 is 0 Å². The van der Waals surface area contributed by atoms with E-state index in [0.29, 0.717) is 22.8 Å². The van der Waals surface area contributed by atoms with Gasteiger partial charge in [-0.05, 0) is 46.2 Å². The van der Waals surface area contributed by atoms with Crippen LogP contribution in [0.4, 0.5) is 0 Å². The highest BCUT2D eigenvalue weighted by atomic mass is 16.4. The normalized spacial score (nSPS) is 10.5. The van der Waals surface area contributed by atoms with Gasteiger partial charge in [-0.2, -0.15) is 0 Å². The summed E-state index contributed by atoms with van der Waals surface area (Å²) < 4.78 is 0. The Bertz CT molecular complexity index is 897. The monoisotopic (exact) mass is 292 g/mol. The van der Waals surface area contributed by atoms with Crippen LogP contribution in [0.1, 0.15) is 20.7 Å². The number of fused-ring (bicyclic) bond motifs is 1. The van der Waals surface area contributed by atoms with Gasteiger partial charge in [0.2, 0.25) is 0 Å². The second-order valence-corrected chi connectivity index (χ2v) is 4.90. The Labute approximate surface area is 126 Å². The summed E-state index contributed by atoms with van der Waals surface area (Å²) in [7, 11) is 0. The number of phenols is 1. The van der Waals surface area contributed by atoms with E-state index in [1.165, 1.54) is 18.2 Å². The minimum Gasteiger partial charge on any atom is -0.508 e. The molecular weight excluding hydrogens is 280 g/mol. The molecule has 0 aliphatic rings. The van der Waals surface area contributed by atoms with Crippen LogP contribution in [0.25, 0.3) is 21.9 Å². The van der Waals surface area contributed by atoms with Crippen molar-refractivity contribution in [3.63, 3.8) is 0 Å². The predicted molar refractivity (Wildman–Crippen MR) is 83.4 cm³/mol. The average Bonchev–Trinajstić information content (AvgIpc) is 2.53. The number of hydrogen-bond donors (Lipinski definition) is 2. The van der Waals surface area contributed by atoms with Crippen molar-refractivity contribution in [2.45, 2.75) is 0 Å². The Hall–Kier alpha value is -3.14. The molecule has 0 aliphatic heterocycles. The van der Waals surface area contributed by atoms with Crippen LogP contribution in [-0.4, -0.2) is 22.5 Å². The minimum absolute atomic E-state index is 0.0114. The van der Waals surface area contributed by atoms with Crippen LogP contribution in [0.15, 0.2) is 54.6 Å². The summed E-state index contributed by atoms with van der Waals surface area (Å²) in [5.41, 5.74) is 1.97. The van der Waals surface area contributed by atoms with Gasteiger partial charge in [0.05, 0.1) is 5.56 Å². The molecule has 0 saturated heterocycles. The SMILES string of the molecule is O=Cc1cc(O)ccc1-c1ccc(C(=O)O)c2ccccc12. The van der Waals surface area contributed by atoms with Gasteiger partial charge in [0.1, 0.15) is 5.75 Å². The summed E-state index contributed by atoms with van der Waals surface area (Å²) in [6.07, 6.45) is 0.676. The highest BCUT2D eigenvalue weighted by Crippen LogP contribution is 2.33. The lowest BCUT2D eigenvalue weighted by Crippen LogP contribution is -1.98. The molecule has 3 aromatic rings. The number of hydrogen-bond acceptors (Lipinski definition) is 3.